The molecule has 1 rings (SSSR count). The highest BCUT2D eigenvalue weighted by molar-refractivity contribution is 5.69. The summed E-state index contributed by atoms with van der Waals surface area (Å²) in [7, 11) is 1.40. The van der Waals surface area contributed by atoms with Gasteiger partial charge in [-0.1, -0.05) is 19.9 Å². The molecule has 4 nitrogen and oxygen atoms in total. The summed E-state index contributed by atoms with van der Waals surface area (Å²) in [5.41, 5.74) is -0.107. The number of nitrogens with zero attached hydrogens (tertiary/aromatic N) is 1. The minimum Gasteiger partial charge on any atom is -0.494 e. The summed E-state index contributed by atoms with van der Waals surface area (Å²) in [5, 5.41) is 9.18. The molecule has 0 bridgehead atoms. The van der Waals surface area contributed by atoms with Crippen LogP contribution >= 0.6 is 0 Å². The average Bonchev–Trinajstić information content (AvgIpc) is 2.39. The highest BCUT2D eigenvalue weighted by Crippen LogP contribution is 2.34. The van der Waals surface area contributed by atoms with E-state index in [0.717, 1.165) is 0 Å². The van der Waals surface area contributed by atoms with Crippen LogP contribution in [-0.4, -0.2) is 36.2 Å². The predicted octanol–water partition coefficient (Wildman–Crippen LogP) is 2.87. The Balaban J connectivity index is 3.29. The summed E-state index contributed by atoms with van der Waals surface area (Å²) >= 11 is 0. The van der Waals surface area contributed by atoms with Crippen LogP contribution in [0.2, 0.25) is 0 Å². The minimum atomic E-state index is -0.907. The van der Waals surface area contributed by atoms with Crippen LogP contribution in [0.5, 0.6) is 5.75 Å². The van der Waals surface area contributed by atoms with Crippen molar-refractivity contribution >= 4 is 5.97 Å². The van der Waals surface area contributed by atoms with Crippen LogP contribution in [-0.2, 0) is 10.3 Å². The lowest BCUT2D eigenvalue weighted by Gasteiger charge is -2.40. The zero-order valence-corrected chi connectivity index (χ0v) is 12.4. The van der Waals surface area contributed by atoms with Crippen LogP contribution in [0.1, 0.15) is 32.8 Å². The molecule has 0 fully saturated rings. The standard InChI is InChI=1S/C15H22FNO3/c1-5-17(6-2)15(3,10-14(18)19)11-7-8-13(20-4)12(16)9-11/h7-9H,5-6,10H2,1-4H3,(H,18,19). The molecule has 0 aromatic heterocycles. The van der Waals surface area contributed by atoms with E-state index in [9.17, 15) is 14.3 Å². The van der Waals surface area contributed by atoms with Gasteiger partial charge in [0.15, 0.2) is 11.6 Å². The first kappa shape index (κ1) is 16.4. The summed E-state index contributed by atoms with van der Waals surface area (Å²) in [6.45, 7) is 7.13. The highest BCUT2D eigenvalue weighted by Gasteiger charge is 2.35. The van der Waals surface area contributed by atoms with E-state index in [1.54, 1.807) is 6.07 Å². The van der Waals surface area contributed by atoms with Gasteiger partial charge in [-0.15, -0.1) is 0 Å². The van der Waals surface area contributed by atoms with Crippen molar-refractivity contribution in [3.8, 4) is 5.75 Å². The molecule has 0 radical (unpaired) electrons. The van der Waals surface area contributed by atoms with Crippen molar-refractivity contribution in [2.45, 2.75) is 32.7 Å². The molecule has 0 aliphatic rings. The predicted molar refractivity (Wildman–Crippen MR) is 75.5 cm³/mol. The molecular formula is C15H22FNO3. The Morgan fingerprint density at radius 3 is 2.40 bits per heavy atom. The van der Waals surface area contributed by atoms with Gasteiger partial charge in [-0.2, -0.15) is 0 Å². The quantitative estimate of drug-likeness (QED) is 0.836. The molecule has 0 saturated heterocycles. The molecular weight excluding hydrogens is 261 g/mol. The number of hydrogen-bond acceptors (Lipinski definition) is 3. The second kappa shape index (κ2) is 6.70. The lowest BCUT2D eigenvalue weighted by Crippen LogP contribution is -2.45. The van der Waals surface area contributed by atoms with Crippen LogP contribution in [0, 0.1) is 5.82 Å². The van der Waals surface area contributed by atoms with Crippen LogP contribution < -0.4 is 4.74 Å². The molecule has 1 atom stereocenters. The van der Waals surface area contributed by atoms with E-state index in [4.69, 9.17) is 4.74 Å². The van der Waals surface area contributed by atoms with E-state index in [0.29, 0.717) is 18.7 Å². The Labute approximate surface area is 119 Å². The van der Waals surface area contributed by atoms with Gasteiger partial charge in [-0.3, -0.25) is 9.69 Å². The SMILES string of the molecule is CCN(CC)C(C)(CC(=O)O)c1ccc(OC)c(F)c1. The highest BCUT2D eigenvalue weighted by atomic mass is 19.1. The molecule has 1 unspecified atom stereocenters. The zero-order chi connectivity index (χ0) is 15.3. The molecule has 0 heterocycles. The van der Waals surface area contributed by atoms with Crippen molar-refractivity contribution in [2.24, 2.45) is 0 Å². The van der Waals surface area contributed by atoms with Crippen LogP contribution in [0.15, 0.2) is 18.2 Å². The molecule has 0 saturated carbocycles. The van der Waals surface area contributed by atoms with Crippen molar-refractivity contribution in [3.63, 3.8) is 0 Å². The third-order valence-electron chi connectivity index (χ3n) is 3.73. The lowest BCUT2D eigenvalue weighted by atomic mass is 9.86. The molecule has 5 heteroatoms. The van der Waals surface area contributed by atoms with E-state index in [-0.39, 0.29) is 12.2 Å². The number of aliphatic carboxylic acids is 1. The summed E-state index contributed by atoms with van der Waals surface area (Å²) in [4.78, 5) is 13.2. The number of carboxylic acids is 1. The molecule has 0 aliphatic heterocycles. The maximum absolute atomic E-state index is 13.9. The van der Waals surface area contributed by atoms with Crippen LogP contribution in [0.3, 0.4) is 0 Å². The Kier molecular flexibility index (Phi) is 5.51. The Bertz CT molecular complexity index is 474. The Morgan fingerprint density at radius 2 is 2.00 bits per heavy atom. The summed E-state index contributed by atoms with van der Waals surface area (Å²) in [6, 6.07) is 4.62. The van der Waals surface area contributed by atoms with Crippen LogP contribution in [0.4, 0.5) is 4.39 Å². The fourth-order valence-electron chi connectivity index (χ4n) is 2.61. The minimum absolute atomic E-state index is 0.0829. The number of carbonyl (C=O) groups is 1. The Morgan fingerprint density at radius 1 is 1.40 bits per heavy atom. The first-order chi connectivity index (χ1) is 9.38. The van der Waals surface area contributed by atoms with Gasteiger partial charge < -0.3 is 9.84 Å². The van der Waals surface area contributed by atoms with Gasteiger partial charge in [-0.05, 0) is 37.7 Å². The lowest BCUT2D eigenvalue weighted by molar-refractivity contribution is -0.140. The number of hydrogen-bond donors (Lipinski definition) is 1. The monoisotopic (exact) mass is 283 g/mol. The molecule has 112 valence electrons. The first-order valence-corrected chi connectivity index (χ1v) is 6.69. The number of halogens is 1. The van der Waals surface area contributed by atoms with E-state index < -0.39 is 17.3 Å². The number of methoxy groups -OCH3 is 1. The molecule has 1 aromatic rings. The summed E-state index contributed by atoms with van der Waals surface area (Å²) in [5.74, 6) is -1.23. The Hall–Kier alpha value is -1.62. The molecule has 0 amide bonds. The van der Waals surface area contributed by atoms with Crippen molar-refractivity contribution in [1.82, 2.24) is 4.90 Å². The van der Waals surface area contributed by atoms with Gasteiger partial charge in [0.2, 0.25) is 0 Å². The number of ether oxygens (including phenoxy) is 1. The normalized spacial score (nSPS) is 14.1. The van der Waals surface area contributed by atoms with Crippen molar-refractivity contribution in [1.29, 1.82) is 0 Å². The van der Waals surface area contributed by atoms with E-state index in [2.05, 4.69) is 0 Å². The molecule has 1 N–H and O–H groups in total. The van der Waals surface area contributed by atoms with Crippen molar-refractivity contribution in [3.05, 3.63) is 29.6 Å². The van der Waals surface area contributed by atoms with E-state index >= 15 is 0 Å². The fourth-order valence-corrected chi connectivity index (χ4v) is 2.61. The number of rotatable bonds is 7. The smallest absolute Gasteiger partial charge is 0.305 e. The van der Waals surface area contributed by atoms with Gasteiger partial charge in [0.25, 0.3) is 0 Å². The fraction of sp³-hybridized carbons (Fsp3) is 0.533. The molecule has 0 spiro atoms. The van der Waals surface area contributed by atoms with E-state index in [1.165, 1.54) is 19.2 Å². The maximum Gasteiger partial charge on any atom is 0.305 e. The topological polar surface area (TPSA) is 49.8 Å². The molecule has 0 aliphatic carbocycles. The second-order valence-electron chi connectivity index (χ2n) is 4.87. The van der Waals surface area contributed by atoms with Crippen molar-refractivity contribution in [2.75, 3.05) is 20.2 Å². The maximum atomic E-state index is 13.9. The molecule has 20 heavy (non-hydrogen) atoms. The zero-order valence-electron chi connectivity index (χ0n) is 12.4. The largest absolute Gasteiger partial charge is 0.494 e. The summed E-state index contributed by atoms with van der Waals surface area (Å²) < 4.78 is 18.8. The first-order valence-electron chi connectivity index (χ1n) is 6.69. The van der Waals surface area contributed by atoms with Gasteiger partial charge in [-0.25, -0.2) is 4.39 Å². The molecule has 1 aromatic carbocycles. The van der Waals surface area contributed by atoms with Gasteiger partial charge in [0.1, 0.15) is 0 Å². The third-order valence-corrected chi connectivity index (χ3v) is 3.73. The number of benzene rings is 1. The van der Waals surface area contributed by atoms with Gasteiger partial charge in [0.05, 0.1) is 19.1 Å². The number of carboxylic acid groups (broad SMARTS) is 1. The summed E-state index contributed by atoms with van der Waals surface area (Å²) in [6.07, 6.45) is -0.0829. The van der Waals surface area contributed by atoms with Gasteiger partial charge in [0, 0.05) is 0 Å². The van der Waals surface area contributed by atoms with Gasteiger partial charge >= 0.3 is 5.97 Å². The second-order valence-corrected chi connectivity index (χ2v) is 4.87. The van der Waals surface area contributed by atoms with Crippen molar-refractivity contribution < 1.29 is 19.0 Å². The van der Waals surface area contributed by atoms with E-state index in [1.807, 2.05) is 25.7 Å². The average molecular weight is 283 g/mol. The third kappa shape index (κ3) is 3.28. The van der Waals surface area contributed by atoms with Crippen LogP contribution in [0.25, 0.3) is 0 Å².